The molecular formula is C27H31N3O4S. The van der Waals surface area contributed by atoms with Crippen molar-refractivity contribution in [3.8, 4) is 5.75 Å². The van der Waals surface area contributed by atoms with Crippen molar-refractivity contribution in [2.75, 3.05) is 38.1 Å². The first-order valence-electron chi connectivity index (χ1n) is 11.7. The molecule has 0 radical (unpaired) electrons. The Hall–Kier alpha value is -3.36. The highest BCUT2D eigenvalue weighted by atomic mass is 32.2. The second-order valence-electron chi connectivity index (χ2n) is 8.55. The maximum atomic E-state index is 13.2. The number of amides is 1. The molecule has 0 spiro atoms. The van der Waals surface area contributed by atoms with E-state index in [4.69, 9.17) is 4.74 Å². The zero-order chi connectivity index (χ0) is 24.8. The number of methoxy groups -OCH3 is 1. The van der Waals surface area contributed by atoms with Gasteiger partial charge in [-0.05, 0) is 62.3 Å². The summed E-state index contributed by atoms with van der Waals surface area (Å²) in [6.45, 7) is 2.30. The van der Waals surface area contributed by atoms with Crippen molar-refractivity contribution in [2.24, 2.45) is 0 Å². The lowest BCUT2D eigenvalue weighted by atomic mass is 10.0. The summed E-state index contributed by atoms with van der Waals surface area (Å²) in [6, 6.07) is 22.8. The lowest BCUT2D eigenvalue weighted by molar-refractivity contribution is 0.0937. The summed E-state index contributed by atoms with van der Waals surface area (Å²) in [5, 5.41) is 3.02. The molecule has 8 heteroatoms. The predicted molar refractivity (Wildman–Crippen MR) is 137 cm³/mol. The van der Waals surface area contributed by atoms with Gasteiger partial charge >= 0.3 is 0 Å². The second-order valence-corrected chi connectivity index (χ2v) is 10.5. The topological polar surface area (TPSA) is 78.9 Å². The molecule has 3 aromatic carbocycles. The number of rotatable bonds is 9. The Kier molecular flexibility index (Phi) is 7.73. The summed E-state index contributed by atoms with van der Waals surface area (Å²) < 4.78 is 33.1. The number of anilines is 1. The van der Waals surface area contributed by atoms with Gasteiger partial charge in [-0.15, -0.1) is 0 Å². The van der Waals surface area contributed by atoms with E-state index in [1.54, 1.807) is 43.5 Å². The number of para-hydroxylation sites is 2. The quantitative estimate of drug-likeness (QED) is 0.486. The van der Waals surface area contributed by atoms with Gasteiger partial charge in [0.05, 0.1) is 23.7 Å². The van der Waals surface area contributed by atoms with Crippen molar-refractivity contribution >= 4 is 21.6 Å². The van der Waals surface area contributed by atoms with Gasteiger partial charge in [-0.1, -0.05) is 42.5 Å². The van der Waals surface area contributed by atoms with Crippen LogP contribution in [0.2, 0.25) is 0 Å². The molecule has 0 aromatic heterocycles. The number of likely N-dealkylation sites (tertiary alicyclic amines) is 1. The predicted octanol–water partition coefficient (Wildman–Crippen LogP) is 4.09. The minimum Gasteiger partial charge on any atom is -0.496 e. The first kappa shape index (κ1) is 24.8. The maximum Gasteiger partial charge on any atom is 0.264 e. The molecule has 1 saturated heterocycles. The smallest absolute Gasteiger partial charge is 0.264 e. The molecule has 1 N–H and O–H groups in total. The zero-order valence-corrected chi connectivity index (χ0v) is 20.9. The van der Waals surface area contributed by atoms with Crippen molar-refractivity contribution in [3.05, 3.63) is 90.0 Å². The van der Waals surface area contributed by atoms with Crippen molar-refractivity contribution in [2.45, 2.75) is 23.8 Å². The van der Waals surface area contributed by atoms with E-state index in [0.717, 1.165) is 37.2 Å². The van der Waals surface area contributed by atoms with E-state index in [-0.39, 0.29) is 16.8 Å². The number of benzene rings is 3. The van der Waals surface area contributed by atoms with E-state index in [2.05, 4.69) is 10.2 Å². The van der Waals surface area contributed by atoms with E-state index >= 15 is 0 Å². The minimum absolute atomic E-state index is 0.0336. The maximum absolute atomic E-state index is 13.2. The average Bonchev–Trinajstić information content (AvgIpc) is 3.44. The molecule has 0 bridgehead atoms. The summed E-state index contributed by atoms with van der Waals surface area (Å²) in [6.07, 6.45) is 2.24. The third-order valence-corrected chi connectivity index (χ3v) is 8.19. The molecule has 4 rings (SSSR count). The molecular weight excluding hydrogens is 462 g/mol. The third-order valence-electron chi connectivity index (χ3n) is 6.41. The number of carbonyl (C=O) groups is 1. The van der Waals surface area contributed by atoms with Crippen LogP contribution in [0.1, 0.15) is 34.8 Å². The highest BCUT2D eigenvalue weighted by Gasteiger charge is 2.27. The molecule has 1 aliphatic heterocycles. The molecule has 1 amide bonds. The first-order chi connectivity index (χ1) is 16.9. The molecule has 1 fully saturated rings. The Labute approximate surface area is 207 Å². The van der Waals surface area contributed by atoms with Crippen LogP contribution in [0, 0.1) is 0 Å². The number of sulfonamides is 1. The second kappa shape index (κ2) is 10.9. The third kappa shape index (κ3) is 5.49. The van der Waals surface area contributed by atoms with Crippen LogP contribution in [0.4, 0.5) is 5.69 Å². The Morgan fingerprint density at radius 1 is 1.00 bits per heavy atom. The van der Waals surface area contributed by atoms with Crippen molar-refractivity contribution in [3.63, 3.8) is 0 Å². The van der Waals surface area contributed by atoms with E-state index < -0.39 is 10.0 Å². The molecule has 1 atom stereocenters. The van der Waals surface area contributed by atoms with E-state index in [1.807, 2.05) is 30.3 Å². The van der Waals surface area contributed by atoms with Crippen molar-refractivity contribution in [1.29, 1.82) is 0 Å². The minimum atomic E-state index is -3.82. The standard InChI is InChI=1S/C27H31N3O4S/c1-29(22-12-4-3-5-13-22)35(32,33)23-14-10-11-21(19-23)27(31)28-20-25(30-17-8-9-18-30)24-15-6-7-16-26(24)34-2/h3-7,10-16,19,25H,8-9,17-18,20H2,1-2H3,(H,28,31)/t25-/m1/s1. The van der Waals surface area contributed by atoms with Crippen LogP contribution in [-0.2, 0) is 10.0 Å². The van der Waals surface area contributed by atoms with Gasteiger partial charge < -0.3 is 10.1 Å². The zero-order valence-electron chi connectivity index (χ0n) is 20.1. The van der Waals surface area contributed by atoms with Crippen molar-refractivity contribution < 1.29 is 17.9 Å². The molecule has 1 aliphatic rings. The number of nitrogens with one attached hydrogen (secondary N) is 1. The normalized spacial score (nSPS) is 14.9. The number of nitrogens with zero attached hydrogens (tertiary/aromatic N) is 2. The van der Waals surface area contributed by atoms with Crippen LogP contribution < -0.4 is 14.4 Å². The lowest BCUT2D eigenvalue weighted by Gasteiger charge is -2.29. The van der Waals surface area contributed by atoms with Crippen LogP contribution in [0.15, 0.2) is 83.8 Å². The van der Waals surface area contributed by atoms with Crippen LogP contribution in [0.5, 0.6) is 5.75 Å². The molecule has 0 saturated carbocycles. The monoisotopic (exact) mass is 493 g/mol. The van der Waals surface area contributed by atoms with Crippen LogP contribution in [-0.4, -0.2) is 53.0 Å². The Morgan fingerprint density at radius 2 is 1.69 bits per heavy atom. The Morgan fingerprint density at radius 3 is 2.40 bits per heavy atom. The molecule has 3 aromatic rings. The van der Waals surface area contributed by atoms with E-state index in [1.165, 1.54) is 23.5 Å². The number of carbonyl (C=O) groups excluding carboxylic acids is 1. The van der Waals surface area contributed by atoms with Gasteiger partial charge in [0.25, 0.3) is 15.9 Å². The molecule has 7 nitrogen and oxygen atoms in total. The Bertz CT molecular complexity index is 1260. The number of hydrogen-bond acceptors (Lipinski definition) is 5. The number of ether oxygens (including phenoxy) is 1. The van der Waals surface area contributed by atoms with E-state index in [0.29, 0.717) is 17.8 Å². The van der Waals surface area contributed by atoms with Crippen LogP contribution in [0.25, 0.3) is 0 Å². The molecule has 1 heterocycles. The van der Waals surface area contributed by atoms with Gasteiger partial charge in [0.15, 0.2) is 0 Å². The highest BCUT2D eigenvalue weighted by molar-refractivity contribution is 7.92. The fourth-order valence-electron chi connectivity index (χ4n) is 4.45. The first-order valence-corrected chi connectivity index (χ1v) is 13.1. The Balaban J connectivity index is 1.53. The van der Waals surface area contributed by atoms with Gasteiger partial charge in [0.2, 0.25) is 0 Å². The van der Waals surface area contributed by atoms with Gasteiger partial charge in [-0.2, -0.15) is 0 Å². The molecule has 35 heavy (non-hydrogen) atoms. The largest absolute Gasteiger partial charge is 0.496 e. The fourth-order valence-corrected chi connectivity index (χ4v) is 5.70. The van der Waals surface area contributed by atoms with Gasteiger partial charge in [-0.25, -0.2) is 8.42 Å². The van der Waals surface area contributed by atoms with Crippen LogP contribution >= 0.6 is 0 Å². The fraction of sp³-hybridized carbons (Fsp3) is 0.296. The van der Waals surface area contributed by atoms with Gasteiger partial charge in [0.1, 0.15) is 5.75 Å². The van der Waals surface area contributed by atoms with Gasteiger partial charge in [-0.3, -0.25) is 14.0 Å². The van der Waals surface area contributed by atoms with Crippen LogP contribution in [0.3, 0.4) is 0 Å². The summed E-state index contributed by atoms with van der Waals surface area (Å²) in [7, 11) is -0.661. The molecule has 0 unspecified atom stereocenters. The lowest BCUT2D eigenvalue weighted by Crippen LogP contribution is -2.37. The van der Waals surface area contributed by atoms with Crippen molar-refractivity contribution in [1.82, 2.24) is 10.2 Å². The summed E-state index contributed by atoms with van der Waals surface area (Å²) in [5.74, 6) is 0.471. The molecule has 184 valence electrons. The summed E-state index contributed by atoms with van der Waals surface area (Å²) in [5.41, 5.74) is 1.87. The SMILES string of the molecule is COc1ccccc1[C@@H](CNC(=O)c1cccc(S(=O)(=O)N(C)c2ccccc2)c1)N1CCCC1. The van der Waals surface area contributed by atoms with Gasteiger partial charge in [0, 0.05) is 24.7 Å². The summed E-state index contributed by atoms with van der Waals surface area (Å²) >= 11 is 0. The average molecular weight is 494 g/mol. The highest BCUT2D eigenvalue weighted by Crippen LogP contribution is 2.31. The number of hydrogen-bond donors (Lipinski definition) is 1. The van der Waals surface area contributed by atoms with E-state index in [9.17, 15) is 13.2 Å². The summed E-state index contributed by atoms with van der Waals surface area (Å²) in [4.78, 5) is 15.5. The molecule has 0 aliphatic carbocycles.